The summed E-state index contributed by atoms with van der Waals surface area (Å²) in [5, 5.41) is 0. The van der Waals surface area contributed by atoms with Gasteiger partial charge in [-0.1, -0.05) is 63.5 Å². The summed E-state index contributed by atoms with van der Waals surface area (Å²) in [6, 6.07) is 14.4. The van der Waals surface area contributed by atoms with E-state index in [9.17, 15) is 9.59 Å². The molecule has 0 spiro atoms. The zero-order valence-corrected chi connectivity index (χ0v) is 15.8. The van der Waals surface area contributed by atoms with Crippen molar-refractivity contribution in [3.63, 3.8) is 0 Å². The predicted molar refractivity (Wildman–Crippen MR) is 107 cm³/mol. The van der Waals surface area contributed by atoms with Gasteiger partial charge in [-0.15, -0.1) is 0 Å². The molecule has 0 bridgehead atoms. The predicted octanol–water partition coefficient (Wildman–Crippen LogP) is 5.57. The summed E-state index contributed by atoms with van der Waals surface area (Å²) in [6.07, 6.45) is 6.75. The van der Waals surface area contributed by atoms with Crippen LogP contribution in [-0.2, 0) is 9.53 Å². The van der Waals surface area contributed by atoms with E-state index in [1.54, 1.807) is 24.3 Å². The monoisotopic (exact) mass is 366 g/mol. The second-order valence-corrected chi connectivity index (χ2v) is 6.28. The van der Waals surface area contributed by atoms with Gasteiger partial charge in [0.05, 0.1) is 12.2 Å². The summed E-state index contributed by atoms with van der Waals surface area (Å²) >= 11 is 0. The Kier molecular flexibility index (Phi) is 8.30. The normalized spacial score (nSPS) is 10.3. The zero-order valence-electron chi connectivity index (χ0n) is 15.8. The molecule has 0 saturated carbocycles. The minimum absolute atomic E-state index is 0.288. The van der Waals surface area contributed by atoms with E-state index in [-0.39, 0.29) is 5.97 Å². The average Bonchev–Trinajstić information content (AvgIpc) is 2.71. The van der Waals surface area contributed by atoms with Gasteiger partial charge in [0, 0.05) is 6.08 Å². The number of ether oxygens (including phenoxy) is 2. The Morgan fingerprint density at radius 2 is 1.48 bits per heavy atom. The number of benzene rings is 2. The van der Waals surface area contributed by atoms with Gasteiger partial charge in [0.1, 0.15) is 5.75 Å². The number of esters is 2. The highest BCUT2D eigenvalue weighted by Gasteiger charge is 2.08. The van der Waals surface area contributed by atoms with Crippen LogP contribution in [0.15, 0.2) is 61.2 Å². The van der Waals surface area contributed by atoms with Crippen molar-refractivity contribution in [3.8, 4) is 16.9 Å². The van der Waals surface area contributed by atoms with Gasteiger partial charge in [-0.25, -0.2) is 9.59 Å². The quantitative estimate of drug-likeness (QED) is 0.239. The van der Waals surface area contributed by atoms with E-state index >= 15 is 0 Å². The zero-order chi connectivity index (χ0) is 19.5. The summed E-state index contributed by atoms with van der Waals surface area (Å²) in [5.74, 6) is -0.317. The lowest BCUT2D eigenvalue weighted by Crippen LogP contribution is -2.06. The molecule has 0 saturated heterocycles. The van der Waals surface area contributed by atoms with E-state index in [1.807, 2.05) is 24.3 Å². The van der Waals surface area contributed by atoms with Crippen LogP contribution >= 0.6 is 0 Å². The van der Waals surface area contributed by atoms with Gasteiger partial charge in [0.2, 0.25) is 0 Å². The lowest BCUT2D eigenvalue weighted by molar-refractivity contribution is -0.128. The highest BCUT2D eigenvalue weighted by Crippen LogP contribution is 2.23. The maximum Gasteiger partial charge on any atom is 0.338 e. The van der Waals surface area contributed by atoms with Crippen LogP contribution in [-0.4, -0.2) is 18.5 Å². The van der Waals surface area contributed by atoms with Crippen LogP contribution in [0, 0.1) is 0 Å². The van der Waals surface area contributed by atoms with E-state index < -0.39 is 5.97 Å². The Bertz CT molecular complexity index is 745. The molecule has 0 amide bonds. The third kappa shape index (κ3) is 6.74. The van der Waals surface area contributed by atoms with Crippen molar-refractivity contribution in [2.24, 2.45) is 0 Å². The number of hydrogen-bond acceptors (Lipinski definition) is 4. The number of carbonyl (C=O) groups excluding carboxylic acids is 2. The second kappa shape index (κ2) is 11.0. The molecule has 0 fully saturated rings. The van der Waals surface area contributed by atoms with Crippen LogP contribution in [0.1, 0.15) is 49.4 Å². The first-order chi connectivity index (χ1) is 13.1. The Morgan fingerprint density at radius 1 is 0.889 bits per heavy atom. The van der Waals surface area contributed by atoms with E-state index in [4.69, 9.17) is 9.47 Å². The first-order valence-electron chi connectivity index (χ1n) is 9.36. The van der Waals surface area contributed by atoms with Crippen LogP contribution in [0.5, 0.6) is 5.75 Å². The third-order valence-electron chi connectivity index (χ3n) is 4.17. The maximum absolute atomic E-state index is 12.1. The van der Waals surface area contributed by atoms with Gasteiger partial charge in [-0.05, 0) is 41.8 Å². The smallest absolute Gasteiger partial charge is 0.338 e. The summed E-state index contributed by atoms with van der Waals surface area (Å²) < 4.78 is 10.4. The van der Waals surface area contributed by atoms with Gasteiger partial charge in [-0.3, -0.25) is 0 Å². The van der Waals surface area contributed by atoms with Gasteiger partial charge >= 0.3 is 11.9 Å². The first kappa shape index (κ1) is 20.4. The molecule has 2 aromatic carbocycles. The molecule has 142 valence electrons. The molecule has 0 heterocycles. The van der Waals surface area contributed by atoms with Crippen LogP contribution in [0.25, 0.3) is 11.1 Å². The molecule has 2 aromatic rings. The SMILES string of the molecule is C=CC(=O)Oc1ccc(-c2ccc(C(=O)OCCCCCCC)cc2)cc1. The van der Waals surface area contributed by atoms with E-state index in [1.165, 1.54) is 19.3 Å². The summed E-state index contributed by atoms with van der Waals surface area (Å²) in [6.45, 7) is 6.01. The molecule has 0 aliphatic rings. The first-order valence-corrected chi connectivity index (χ1v) is 9.36. The van der Waals surface area contributed by atoms with E-state index in [0.717, 1.165) is 30.0 Å². The number of carbonyl (C=O) groups is 2. The Morgan fingerprint density at radius 3 is 2.07 bits per heavy atom. The third-order valence-corrected chi connectivity index (χ3v) is 4.17. The van der Waals surface area contributed by atoms with Crippen LogP contribution in [0.4, 0.5) is 0 Å². The van der Waals surface area contributed by atoms with Crippen LogP contribution < -0.4 is 4.74 Å². The molecule has 0 radical (unpaired) electrons. The van der Waals surface area contributed by atoms with Crippen molar-refractivity contribution in [1.82, 2.24) is 0 Å². The molecular weight excluding hydrogens is 340 g/mol. The largest absolute Gasteiger partial charge is 0.462 e. The fraction of sp³-hybridized carbons (Fsp3) is 0.304. The van der Waals surface area contributed by atoms with Crippen molar-refractivity contribution in [1.29, 1.82) is 0 Å². The van der Waals surface area contributed by atoms with Gasteiger partial charge < -0.3 is 9.47 Å². The lowest BCUT2D eigenvalue weighted by Gasteiger charge is -2.07. The minimum atomic E-state index is -0.490. The molecule has 0 N–H and O–H groups in total. The highest BCUT2D eigenvalue weighted by atomic mass is 16.5. The Labute approximate surface area is 160 Å². The molecule has 4 heteroatoms. The fourth-order valence-electron chi connectivity index (χ4n) is 2.63. The van der Waals surface area contributed by atoms with Crippen molar-refractivity contribution < 1.29 is 19.1 Å². The number of hydrogen-bond donors (Lipinski definition) is 0. The summed E-state index contributed by atoms with van der Waals surface area (Å²) in [7, 11) is 0. The topological polar surface area (TPSA) is 52.6 Å². The van der Waals surface area contributed by atoms with Crippen LogP contribution in [0.2, 0.25) is 0 Å². The molecule has 2 rings (SSSR count). The van der Waals surface area contributed by atoms with Gasteiger partial charge in [0.25, 0.3) is 0 Å². The number of unbranched alkanes of at least 4 members (excludes halogenated alkanes) is 4. The maximum atomic E-state index is 12.1. The van der Waals surface area contributed by atoms with Gasteiger partial charge in [-0.2, -0.15) is 0 Å². The van der Waals surface area contributed by atoms with Crippen LogP contribution in [0.3, 0.4) is 0 Å². The van der Waals surface area contributed by atoms with Crippen molar-refractivity contribution in [2.75, 3.05) is 6.61 Å². The van der Waals surface area contributed by atoms with E-state index in [2.05, 4.69) is 13.5 Å². The Balaban J connectivity index is 1.87. The van der Waals surface area contributed by atoms with Crippen molar-refractivity contribution >= 4 is 11.9 Å². The number of rotatable bonds is 10. The fourth-order valence-corrected chi connectivity index (χ4v) is 2.63. The van der Waals surface area contributed by atoms with Gasteiger partial charge in [0.15, 0.2) is 0 Å². The molecule has 27 heavy (non-hydrogen) atoms. The van der Waals surface area contributed by atoms with Crippen molar-refractivity contribution in [3.05, 3.63) is 66.7 Å². The summed E-state index contributed by atoms with van der Waals surface area (Å²) in [5.41, 5.74) is 2.47. The Hall–Kier alpha value is -2.88. The molecule has 0 unspecified atom stereocenters. The minimum Gasteiger partial charge on any atom is -0.462 e. The molecule has 0 aliphatic heterocycles. The molecule has 0 aliphatic carbocycles. The molecule has 4 nitrogen and oxygen atoms in total. The second-order valence-electron chi connectivity index (χ2n) is 6.28. The molecule has 0 atom stereocenters. The van der Waals surface area contributed by atoms with E-state index in [0.29, 0.717) is 17.9 Å². The highest BCUT2D eigenvalue weighted by molar-refractivity contribution is 5.90. The molecular formula is C23H26O4. The summed E-state index contributed by atoms with van der Waals surface area (Å²) in [4.78, 5) is 23.3. The lowest BCUT2D eigenvalue weighted by atomic mass is 10.0. The van der Waals surface area contributed by atoms with Crippen molar-refractivity contribution in [2.45, 2.75) is 39.0 Å². The standard InChI is InChI=1S/C23H26O4/c1-3-5-6-7-8-17-26-23(25)20-11-9-18(10-12-20)19-13-15-21(16-14-19)27-22(24)4-2/h4,9-16H,2-3,5-8,17H2,1H3. The average molecular weight is 366 g/mol. The molecule has 0 aromatic heterocycles.